The van der Waals surface area contributed by atoms with Crippen molar-refractivity contribution in [2.45, 2.75) is 18.9 Å². The average molecular weight is 235 g/mol. The molecule has 17 heavy (non-hydrogen) atoms. The summed E-state index contributed by atoms with van der Waals surface area (Å²) < 4.78 is 0. The lowest BCUT2D eigenvalue weighted by molar-refractivity contribution is 0.409. The summed E-state index contributed by atoms with van der Waals surface area (Å²) in [6, 6.07) is 2.53. The third-order valence-corrected chi connectivity index (χ3v) is 3.33. The second kappa shape index (κ2) is 5.42. The highest BCUT2D eigenvalue weighted by Gasteiger charge is 2.24. The first kappa shape index (κ1) is 12.3. The summed E-state index contributed by atoms with van der Waals surface area (Å²) >= 11 is 0. The van der Waals surface area contributed by atoms with Crippen LogP contribution in [-0.2, 0) is 6.42 Å². The molecule has 0 aliphatic carbocycles. The fourth-order valence-electron chi connectivity index (χ4n) is 2.25. The molecule has 1 aliphatic heterocycles. The molecule has 0 saturated carbocycles. The smallest absolute Gasteiger partial charge is 0.132 e. The second-order valence-electron chi connectivity index (χ2n) is 4.69. The van der Waals surface area contributed by atoms with Crippen LogP contribution in [0.2, 0.25) is 0 Å². The van der Waals surface area contributed by atoms with Gasteiger partial charge in [0.15, 0.2) is 0 Å². The molecule has 2 heterocycles. The highest BCUT2D eigenvalue weighted by molar-refractivity contribution is 5.38. The molecule has 94 valence electrons. The van der Waals surface area contributed by atoms with Crippen LogP contribution in [0.15, 0.2) is 12.3 Å². The standard InChI is InChI=1S/C12H21N5/c1-16-8-5-10(9-16)17(2)12-4-7-14-11(15-12)3-6-13/h4,7,10H,3,5-6,8-9,13H2,1-2H3. The lowest BCUT2D eigenvalue weighted by Gasteiger charge is -2.25. The molecular formula is C12H21N5. The van der Waals surface area contributed by atoms with Crippen molar-refractivity contribution >= 4 is 5.82 Å². The number of hydrogen-bond donors (Lipinski definition) is 1. The molecule has 0 radical (unpaired) electrons. The summed E-state index contributed by atoms with van der Waals surface area (Å²) in [5, 5.41) is 0. The first-order valence-corrected chi connectivity index (χ1v) is 6.14. The number of rotatable bonds is 4. The van der Waals surface area contributed by atoms with Gasteiger partial charge in [-0.1, -0.05) is 0 Å². The molecule has 1 atom stereocenters. The van der Waals surface area contributed by atoms with Gasteiger partial charge in [0.2, 0.25) is 0 Å². The predicted molar refractivity (Wildman–Crippen MR) is 69.1 cm³/mol. The minimum absolute atomic E-state index is 0.556. The fraction of sp³-hybridized carbons (Fsp3) is 0.667. The van der Waals surface area contributed by atoms with Crippen LogP contribution < -0.4 is 10.6 Å². The number of nitrogens with two attached hydrogens (primary N) is 1. The summed E-state index contributed by atoms with van der Waals surface area (Å²) in [6.07, 6.45) is 3.76. The summed E-state index contributed by atoms with van der Waals surface area (Å²) in [7, 11) is 4.27. The van der Waals surface area contributed by atoms with Gasteiger partial charge in [0.1, 0.15) is 11.6 Å². The van der Waals surface area contributed by atoms with Crippen LogP contribution in [0.5, 0.6) is 0 Å². The highest BCUT2D eigenvalue weighted by Crippen LogP contribution is 2.18. The van der Waals surface area contributed by atoms with Crippen LogP contribution in [0.4, 0.5) is 5.82 Å². The normalized spacial score (nSPS) is 20.8. The molecule has 2 N–H and O–H groups in total. The molecular weight excluding hydrogens is 214 g/mol. The second-order valence-corrected chi connectivity index (χ2v) is 4.69. The van der Waals surface area contributed by atoms with Crippen LogP contribution >= 0.6 is 0 Å². The van der Waals surface area contributed by atoms with E-state index < -0.39 is 0 Å². The van der Waals surface area contributed by atoms with E-state index in [0.717, 1.165) is 31.2 Å². The Morgan fingerprint density at radius 3 is 3.06 bits per heavy atom. The van der Waals surface area contributed by atoms with Crippen LogP contribution in [0.1, 0.15) is 12.2 Å². The Labute approximate surface area is 103 Å². The molecule has 0 spiro atoms. The quantitative estimate of drug-likeness (QED) is 0.803. The largest absolute Gasteiger partial charge is 0.355 e. The van der Waals surface area contributed by atoms with Crippen molar-refractivity contribution in [1.29, 1.82) is 0 Å². The van der Waals surface area contributed by atoms with Crippen molar-refractivity contribution in [3.8, 4) is 0 Å². The van der Waals surface area contributed by atoms with Gasteiger partial charge in [0.25, 0.3) is 0 Å². The van der Waals surface area contributed by atoms with Gasteiger partial charge in [0.05, 0.1) is 0 Å². The Morgan fingerprint density at radius 2 is 2.41 bits per heavy atom. The van der Waals surface area contributed by atoms with Gasteiger partial charge < -0.3 is 15.5 Å². The highest BCUT2D eigenvalue weighted by atomic mass is 15.3. The van der Waals surface area contributed by atoms with E-state index in [0.29, 0.717) is 12.6 Å². The van der Waals surface area contributed by atoms with Crippen molar-refractivity contribution in [2.24, 2.45) is 5.73 Å². The van der Waals surface area contributed by atoms with E-state index in [1.165, 1.54) is 6.42 Å². The Bertz CT molecular complexity index is 368. The molecule has 0 amide bonds. The van der Waals surface area contributed by atoms with Crippen molar-refractivity contribution < 1.29 is 0 Å². The van der Waals surface area contributed by atoms with E-state index in [-0.39, 0.29) is 0 Å². The van der Waals surface area contributed by atoms with Crippen LogP contribution in [0.25, 0.3) is 0 Å². The molecule has 1 aromatic rings. The fourth-order valence-corrected chi connectivity index (χ4v) is 2.25. The third kappa shape index (κ3) is 2.92. The zero-order chi connectivity index (χ0) is 12.3. The molecule has 2 rings (SSSR count). The molecule has 1 saturated heterocycles. The van der Waals surface area contributed by atoms with Crippen molar-refractivity contribution in [3.63, 3.8) is 0 Å². The number of anilines is 1. The molecule has 5 nitrogen and oxygen atoms in total. The zero-order valence-corrected chi connectivity index (χ0v) is 10.6. The lowest BCUT2D eigenvalue weighted by atomic mass is 10.2. The monoisotopic (exact) mass is 235 g/mol. The molecule has 5 heteroatoms. The van der Waals surface area contributed by atoms with Gasteiger partial charge in [-0.2, -0.15) is 0 Å². The number of likely N-dealkylation sites (N-methyl/N-ethyl adjacent to an activating group) is 2. The molecule has 1 unspecified atom stereocenters. The van der Waals surface area contributed by atoms with E-state index in [2.05, 4.69) is 33.9 Å². The molecule has 0 bridgehead atoms. The molecule has 0 aromatic carbocycles. The molecule has 1 fully saturated rings. The number of hydrogen-bond acceptors (Lipinski definition) is 5. The minimum Gasteiger partial charge on any atom is -0.355 e. The number of likely N-dealkylation sites (tertiary alicyclic amines) is 1. The van der Waals surface area contributed by atoms with Gasteiger partial charge in [-0.05, 0) is 32.6 Å². The zero-order valence-electron chi connectivity index (χ0n) is 10.6. The molecule has 1 aliphatic rings. The van der Waals surface area contributed by atoms with Gasteiger partial charge in [-0.25, -0.2) is 9.97 Å². The van der Waals surface area contributed by atoms with Crippen molar-refractivity contribution in [3.05, 3.63) is 18.1 Å². The lowest BCUT2D eigenvalue weighted by Crippen LogP contribution is -2.34. The van der Waals surface area contributed by atoms with Crippen molar-refractivity contribution in [2.75, 3.05) is 38.6 Å². The average Bonchev–Trinajstić information content (AvgIpc) is 2.76. The van der Waals surface area contributed by atoms with E-state index in [9.17, 15) is 0 Å². The summed E-state index contributed by atoms with van der Waals surface area (Å²) in [5.74, 6) is 1.84. The summed E-state index contributed by atoms with van der Waals surface area (Å²) in [6.45, 7) is 2.86. The third-order valence-electron chi connectivity index (χ3n) is 3.33. The van der Waals surface area contributed by atoms with Crippen LogP contribution in [0, 0.1) is 0 Å². The van der Waals surface area contributed by atoms with Crippen LogP contribution in [0.3, 0.4) is 0 Å². The van der Waals surface area contributed by atoms with Gasteiger partial charge in [0, 0.05) is 32.3 Å². The Balaban J connectivity index is 2.07. The predicted octanol–water partition coefficient (Wildman–Crippen LogP) is 0.118. The summed E-state index contributed by atoms with van der Waals surface area (Å²) in [4.78, 5) is 13.4. The van der Waals surface area contributed by atoms with Gasteiger partial charge >= 0.3 is 0 Å². The summed E-state index contributed by atoms with van der Waals surface area (Å²) in [5.41, 5.74) is 5.53. The first-order chi connectivity index (χ1) is 8.20. The maximum Gasteiger partial charge on any atom is 0.132 e. The topological polar surface area (TPSA) is 58.3 Å². The maximum atomic E-state index is 5.53. The SMILES string of the molecule is CN1CCC(N(C)c2ccnc(CCN)n2)C1. The minimum atomic E-state index is 0.556. The Kier molecular flexibility index (Phi) is 3.91. The van der Waals surface area contributed by atoms with Gasteiger partial charge in [-0.3, -0.25) is 0 Å². The maximum absolute atomic E-state index is 5.53. The van der Waals surface area contributed by atoms with Crippen LogP contribution in [-0.4, -0.2) is 54.6 Å². The Morgan fingerprint density at radius 1 is 1.59 bits per heavy atom. The number of nitrogens with zero attached hydrogens (tertiary/aromatic N) is 4. The van der Waals surface area contributed by atoms with E-state index in [4.69, 9.17) is 5.73 Å². The number of aromatic nitrogens is 2. The van der Waals surface area contributed by atoms with E-state index >= 15 is 0 Å². The Hall–Kier alpha value is -1.20. The van der Waals surface area contributed by atoms with E-state index in [1.54, 1.807) is 0 Å². The van der Waals surface area contributed by atoms with Gasteiger partial charge in [-0.15, -0.1) is 0 Å². The van der Waals surface area contributed by atoms with Crippen molar-refractivity contribution in [1.82, 2.24) is 14.9 Å². The van der Waals surface area contributed by atoms with E-state index in [1.807, 2.05) is 12.3 Å². The molecule has 1 aromatic heterocycles. The first-order valence-electron chi connectivity index (χ1n) is 6.14.